The highest BCUT2D eigenvalue weighted by atomic mass is 16.2. The normalized spacial score (nSPS) is 10.5. The molecule has 0 bridgehead atoms. The van der Waals surface area contributed by atoms with Gasteiger partial charge in [-0.3, -0.25) is 14.3 Å². The summed E-state index contributed by atoms with van der Waals surface area (Å²) in [5.41, 5.74) is 7.33. The Morgan fingerprint density at radius 2 is 1.67 bits per heavy atom. The van der Waals surface area contributed by atoms with Gasteiger partial charge < -0.3 is 5.73 Å². The van der Waals surface area contributed by atoms with Crippen LogP contribution in [0.2, 0.25) is 0 Å². The number of nitrogens with two attached hydrogens (primary N) is 1. The molecule has 0 aliphatic carbocycles. The summed E-state index contributed by atoms with van der Waals surface area (Å²) in [7, 11) is 0. The molecule has 0 saturated heterocycles. The molecule has 0 amide bonds. The van der Waals surface area contributed by atoms with Gasteiger partial charge in [-0.2, -0.15) is 0 Å². The van der Waals surface area contributed by atoms with Crippen molar-refractivity contribution in [1.29, 1.82) is 0 Å². The van der Waals surface area contributed by atoms with Gasteiger partial charge in [0.15, 0.2) is 0 Å². The monoisotopic (exact) mass is 279 g/mol. The maximum absolute atomic E-state index is 12.2. The average molecular weight is 279 g/mol. The van der Waals surface area contributed by atoms with Crippen LogP contribution in [0.1, 0.15) is 0 Å². The molecule has 3 N–H and O–H groups in total. The molecule has 0 aliphatic heterocycles. The molecule has 3 rings (SSSR count). The van der Waals surface area contributed by atoms with Crippen LogP contribution in [0.5, 0.6) is 0 Å². The van der Waals surface area contributed by atoms with E-state index >= 15 is 0 Å². The van der Waals surface area contributed by atoms with Crippen molar-refractivity contribution in [1.82, 2.24) is 9.55 Å². The minimum absolute atomic E-state index is 0.440. The average Bonchev–Trinajstić information content (AvgIpc) is 2.47. The summed E-state index contributed by atoms with van der Waals surface area (Å²) < 4.78 is 1.45. The van der Waals surface area contributed by atoms with E-state index < -0.39 is 11.2 Å². The van der Waals surface area contributed by atoms with Gasteiger partial charge in [0.1, 0.15) is 0 Å². The fourth-order valence-electron chi connectivity index (χ4n) is 2.24. The van der Waals surface area contributed by atoms with Crippen LogP contribution in [0.4, 0.5) is 5.69 Å². The topological polar surface area (TPSA) is 80.9 Å². The Morgan fingerprint density at radius 3 is 2.38 bits per heavy atom. The zero-order valence-corrected chi connectivity index (χ0v) is 11.1. The zero-order valence-electron chi connectivity index (χ0n) is 11.1. The smallest absolute Gasteiger partial charge is 0.333 e. The summed E-state index contributed by atoms with van der Waals surface area (Å²) in [6, 6.07) is 17.6. The fraction of sp³-hybridized carbons (Fsp3) is 0. The van der Waals surface area contributed by atoms with E-state index in [4.69, 9.17) is 5.73 Å². The predicted octanol–water partition coefficient (Wildman–Crippen LogP) is 1.77. The number of hydrogen-bond acceptors (Lipinski definition) is 3. The molecule has 1 aromatic heterocycles. The van der Waals surface area contributed by atoms with Crippen LogP contribution in [0.3, 0.4) is 0 Å². The third-order valence-corrected chi connectivity index (χ3v) is 3.14. The first kappa shape index (κ1) is 12.9. The molecule has 1 heterocycles. The first-order chi connectivity index (χ1) is 10.1. The van der Waals surface area contributed by atoms with E-state index in [1.54, 1.807) is 30.3 Å². The van der Waals surface area contributed by atoms with Gasteiger partial charge in [-0.15, -0.1) is 0 Å². The molecule has 0 radical (unpaired) electrons. The van der Waals surface area contributed by atoms with Gasteiger partial charge in [-0.05, 0) is 24.3 Å². The molecule has 5 heteroatoms. The first-order valence-electron chi connectivity index (χ1n) is 6.43. The van der Waals surface area contributed by atoms with Gasteiger partial charge in [0.2, 0.25) is 0 Å². The van der Waals surface area contributed by atoms with Gasteiger partial charge >= 0.3 is 5.69 Å². The number of rotatable bonds is 2. The maximum Gasteiger partial charge on any atom is 0.333 e. The highest BCUT2D eigenvalue weighted by Crippen LogP contribution is 2.21. The standard InChI is InChI=1S/C16H13N3O2/c17-12-6-4-5-11(9-12)14-10-15(20)18-16(21)19(14)13-7-2-1-3-8-13/h1-10H,17H2,(H,18,20,21). The number of aromatic amines is 1. The summed E-state index contributed by atoms with van der Waals surface area (Å²) in [6.45, 7) is 0. The van der Waals surface area contributed by atoms with E-state index in [0.717, 1.165) is 0 Å². The van der Waals surface area contributed by atoms with E-state index in [0.29, 0.717) is 22.6 Å². The largest absolute Gasteiger partial charge is 0.399 e. The van der Waals surface area contributed by atoms with E-state index in [-0.39, 0.29) is 0 Å². The Hall–Kier alpha value is -3.08. The molecule has 0 aliphatic rings. The summed E-state index contributed by atoms with van der Waals surface area (Å²) in [6.07, 6.45) is 0. The van der Waals surface area contributed by atoms with E-state index in [2.05, 4.69) is 4.98 Å². The third kappa shape index (κ3) is 2.49. The number of hydrogen-bond donors (Lipinski definition) is 2. The van der Waals surface area contributed by atoms with Crippen molar-refractivity contribution in [3.63, 3.8) is 0 Å². The number of nitrogens with zero attached hydrogens (tertiary/aromatic N) is 1. The van der Waals surface area contributed by atoms with Crippen molar-refractivity contribution < 1.29 is 0 Å². The lowest BCUT2D eigenvalue weighted by molar-refractivity contribution is 0.905. The van der Waals surface area contributed by atoms with Crippen LogP contribution in [0.25, 0.3) is 16.9 Å². The lowest BCUT2D eigenvalue weighted by Crippen LogP contribution is -2.29. The second-order valence-electron chi connectivity index (χ2n) is 4.62. The van der Waals surface area contributed by atoms with E-state index in [1.165, 1.54) is 10.6 Å². The third-order valence-electron chi connectivity index (χ3n) is 3.14. The quantitative estimate of drug-likeness (QED) is 0.701. The first-order valence-corrected chi connectivity index (χ1v) is 6.43. The summed E-state index contributed by atoms with van der Waals surface area (Å²) >= 11 is 0. The molecule has 0 fully saturated rings. The highest BCUT2D eigenvalue weighted by Gasteiger charge is 2.10. The van der Waals surface area contributed by atoms with E-state index in [9.17, 15) is 9.59 Å². The van der Waals surface area contributed by atoms with Crippen LogP contribution < -0.4 is 17.0 Å². The molecule has 21 heavy (non-hydrogen) atoms. The lowest BCUT2D eigenvalue weighted by Gasteiger charge is -2.12. The lowest BCUT2D eigenvalue weighted by atomic mass is 10.1. The second kappa shape index (κ2) is 5.13. The molecule has 0 spiro atoms. The van der Waals surface area contributed by atoms with Crippen LogP contribution in [0, 0.1) is 0 Å². The van der Waals surface area contributed by atoms with Crippen LogP contribution in [-0.4, -0.2) is 9.55 Å². The van der Waals surface area contributed by atoms with Crippen LogP contribution in [0.15, 0.2) is 70.3 Å². The molecule has 0 saturated carbocycles. The van der Waals surface area contributed by atoms with Gasteiger partial charge in [-0.25, -0.2) is 4.79 Å². The van der Waals surface area contributed by atoms with Gasteiger partial charge in [0.05, 0.1) is 11.4 Å². The molecule has 0 atom stereocenters. The Kier molecular flexibility index (Phi) is 3.16. The van der Waals surface area contributed by atoms with Crippen molar-refractivity contribution in [2.24, 2.45) is 0 Å². The fourth-order valence-corrected chi connectivity index (χ4v) is 2.24. The molecule has 5 nitrogen and oxygen atoms in total. The Labute approximate surface area is 120 Å². The van der Waals surface area contributed by atoms with Crippen LogP contribution >= 0.6 is 0 Å². The molecular formula is C16H13N3O2. The van der Waals surface area contributed by atoms with Crippen molar-refractivity contribution in [3.8, 4) is 16.9 Å². The number of H-pyrrole nitrogens is 1. The zero-order chi connectivity index (χ0) is 14.8. The Bertz CT molecular complexity index is 895. The van der Waals surface area contributed by atoms with Crippen molar-refractivity contribution in [3.05, 3.63) is 81.5 Å². The molecule has 3 aromatic rings. The second-order valence-corrected chi connectivity index (χ2v) is 4.62. The molecular weight excluding hydrogens is 266 g/mol. The van der Waals surface area contributed by atoms with E-state index in [1.807, 2.05) is 24.3 Å². The Morgan fingerprint density at radius 1 is 0.905 bits per heavy atom. The highest BCUT2D eigenvalue weighted by molar-refractivity contribution is 5.65. The van der Waals surface area contributed by atoms with Gasteiger partial charge in [0.25, 0.3) is 5.56 Å². The van der Waals surface area contributed by atoms with Crippen molar-refractivity contribution >= 4 is 5.69 Å². The SMILES string of the molecule is Nc1cccc(-c2cc(=O)[nH]c(=O)n2-c2ccccc2)c1. The van der Waals surface area contributed by atoms with Crippen molar-refractivity contribution in [2.45, 2.75) is 0 Å². The number of anilines is 1. The molecule has 0 unspecified atom stereocenters. The number of nitrogens with one attached hydrogen (secondary N) is 1. The number of aromatic nitrogens is 2. The number of para-hydroxylation sites is 1. The Balaban J connectivity index is 2.35. The van der Waals surface area contributed by atoms with Gasteiger partial charge in [0, 0.05) is 17.3 Å². The van der Waals surface area contributed by atoms with Crippen LogP contribution in [-0.2, 0) is 0 Å². The van der Waals surface area contributed by atoms with Crippen molar-refractivity contribution in [2.75, 3.05) is 5.73 Å². The summed E-state index contributed by atoms with van der Waals surface area (Å²) in [4.78, 5) is 26.1. The number of benzene rings is 2. The van der Waals surface area contributed by atoms with Gasteiger partial charge in [-0.1, -0.05) is 30.3 Å². The summed E-state index contributed by atoms with van der Waals surface area (Å²) in [5, 5.41) is 0. The number of nitrogen functional groups attached to an aromatic ring is 1. The minimum atomic E-state index is -0.480. The minimum Gasteiger partial charge on any atom is -0.399 e. The summed E-state index contributed by atoms with van der Waals surface area (Å²) in [5.74, 6) is 0. The molecule has 2 aromatic carbocycles. The molecule has 104 valence electrons. The maximum atomic E-state index is 12.2. The predicted molar refractivity (Wildman–Crippen MR) is 82.5 cm³/mol.